The fourth-order valence-corrected chi connectivity index (χ4v) is 5.25. The summed E-state index contributed by atoms with van der Waals surface area (Å²) in [4.78, 5) is 44.3. The maximum Gasteiger partial charge on any atom is 0.439 e. The van der Waals surface area contributed by atoms with Gasteiger partial charge in [0, 0.05) is 23.1 Å². The summed E-state index contributed by atoms with van der Waals surface area (Å²) in [5.41, 5.74) is 6.46. The predicted octanol–water partition coefficient (Wildman–Crippen LogP) is 4.70. The van der Waals surface area contributed by atoms with Crippen LogP contribution in [0.2, 0.25) is 0 Å². The number of aromatic nitrogens is 6. The monoisotopic (exact) mass is 560 g/mol. The Morgan fingerprint density at radius 1 is 0.929 bits per heavy atom. The summed E-state index contributed by atoms with van der Waals surface area (Å²) in [6.07, 6.45) is 3.42. The van der Waals surface area contributed by atoms with E-state index in [4.69, 9.17) is 4.52 Å². The summed E-state index contributed by atoms with van der Waals surface area (Å²) in [5, 5.41) is 8.32. The number of aromatic amines is 1. The molecule has 0 radical (unpaired) electrons. The van der Waals surface area contributed by atoms with Crippen molar-refractivity contribution in [2.75, 3.05) is 0 Å². The molecule has 3 aromatic carbocycles. The number of nitrogens with one attached hydrogen (secondary N) is 1. The summed E-state index contributed by atoms with van der Waals surface area (Å²) in [6, 6.07) is 22.9. The zero-order chi connectivity index (χ0) is 29.2. The molecular formula is C32H28N6O4. The molecule has 0 bridgehead atoms. The van der Waals surface area contributed by atoms with E-state index < -0.39 is 5.76 Å². The third-order valence-electron chi connectivity index (χ3n) is 7.33. The normalized spacial score (nSPS) is 11.3. The molecule has 10 heteroatoms. The SMILES string of the molecule is CCCc1c(Cc2ccc(-c3ccccc3-c3noc(=O)[nH]3)cc2)c(=O)n(Cc2ccc(C(C)=O)cc2)c2ncnn12. The van der Waals surface area contributed by atoms with Crippen molar-refractivity contribution in [3.05, 3.63) is 128 Å². The Labute approximate surface area is 240 Å². The van der Waals surface area contributed by atoms with E-state index in [0.717, 1.165) is 39.9 Å². The van der Waals surface area contributed by atoms with Gasteiger partial charge in [0.1, 0.15) is 6.33 Å². The van der Waals surface area contributed by atoms with Crippen molar-refractivity contribution in [3.63, 3.8) is 0 Å². The Balaban J connectivity index is 1.37. The summed E-state index contributed by atoms with van der Waals surface area (Å²) in [5.74, 6) is 0.232. The largest absolute Gasteiger partial charge is 0.439 e. The van der Waals surface area contributed by atoms with Gasteiger partial charge in [-0.1, -0.05) is 91.3 Å². The topological polar surface area (TPSA) is 128 Å². The van der Waals surface area contributed by atoms with Crippen LogP contribution in [0.5, 0.6) is 0 Å². The molecule has 0 atom stereocenters. The number of rotatable bonds is 9. The molecule has 3 heterocycles. The molecule has 0 amide bonds. The number of H-pyrrole nitrogens is 1. The second-order valence-corrected chi connectivity index (χ2v) is 10.2. The quantitative estimate of drug-likeness (QED) is 0.254. The number of fused-ring (bicyclic) bond motifs is 1. The number of aryl methyl sites for hydroxylation is 1. The van der Waals surface area contributed by atoms with Crippen LogP contribution in [0.4, 0.5) is 0 Å². The van der Waals surface area contributed by atoms with E-state index in [0.29, 0.717) is 42.1 Å². The van der Waals surface area contributed by atoms with E-state index in [1.807, 2.05) is 60.7 Å². The van der Waals surface area contributed by atoms with Gasteiger partial charge in [0.15, 0.2) is 11.6 Å². The number of ketones is 1. The molecule has 0 aliphatic carbocycles. The summed E-state index contributed by atoms with van der Waals surface area (Å²) in [6.45, 7) is 3.91. The smallest absolute Gasteiger partial charge is 0.296 e. The van der Waals surface area contributed by atoms with Gasteiger partial charge in [-0.3, -0.25) is 23.7 Å². The van der Waals surface area contributed by atoms with Gasteiger partial charge in [0.25, 0.3) is 5.56 Å². The van der Waals surface area contributed by atoms with Gasteiger partial charge in [-0.25, -0.2) is 9.31 Å². The molecule has 0 spiro atoms. The van der Waals surface area contributed by atoms with Crippen LogP contribution in [0.25, 0.3) is 28.3 Å². The molecule has 0 saturated carbocycles. The fraction of sp³-hybridized carbons (Fsp3) is 0.188. The minimum absolute atomic E-state index is 0.00708. The highest BCUT2D eigenvalue weighted by molar-refractivity contribution is 5.94. The summed E-state index contributed by atoms with van der Waals surface area (Å²) >= 11 is 0. The number of carbonyl (C=O) groups excluding carboxylic acids is 1. The summed E-state index contributed by atoms with van der Waals surface area (Å²) in [7, 11) is 0. The van der Waals surface area contributed by atoms with Crippen LogP contribution >= 0.6 is 0 Å². The molecule has 6 rings (SSSR count). The molecule has 10 nitrogen and oxygen atoms in total. The van der Waals surface area contributed by atoms with Crippen LogP contribution in [-0.4, -0.2) is 35.1 Å². The van der Waals surface area contributed by atoms with Crippen molar-refractivity contribution in [3.8, 4) is 22.5 Å². The van der Waals surface area contributed by atoms with Gasteiger partial charge in [-0.05, 0) is 35.6 Å². The lowest BCUT2D eigenvalue weighted by atomic mass is 9.96. The number of carbonyl (C=O) groups is 1. The standard InChI is InChI=1S/C32H28N6O4/c1-3-6-28-27(30(40)37(31-33-19-34-38(28)31)18-22-11-13-23(14-12-22)20(2)39)17-21-9-15-24(16-10-21)25-7-4-5-8-26(25)29-35-32(41)42-36-29/h4-5,7-16,19H,3,6,17-18H2,1-2H3,(H,35,36,41). The molecule has 42 heavy (non-hydrogen) atoms. The Hall–Kier alpha value is -5.38. The minimum atomic E-state index is -0.610. The van der Waals surface area contributed by atoms with Crippen molar-refractivity contribution >= 4 is 11.6 Å². The van der Waals surface area contributed by atoms with Crippen molar-refractivity contribution in [2.24, 2.45) is 0 Å². The maximum atomic E-state index is 14.0. The third kappa shape index (κ3) is 5.10. The number of Topliss-reactive ketones (excluding diaryl/α,β-unsaturated/α-hetero) is 1. The first-order valence-corrected chi connectivity index (χ1v) is 13.7. The molecule has 6 aromatic rings. The van der Waals surface area contributed by atoms with Crippen molar-refractivity contribution in [1.29, 1.82) is 0 Å². The first kappa shape index (κ1) is 26.8. The lowest BCUT2D eigenvalue weighted by Crippen LogP contribution is -2.30. The maximum absolute atomic E-state index is 14.0. The van der Waals surface area contributed by atoms with E-state index in [1.54, 1.807) is 21.2 Å². The molecule has 0 fully saturated rings. The van der Waals surface area contributed by atoms with Crippen LogP contribution in [-0.2, 0) is 19.4 Å². The number of benzene rings is 3. The molecule has 0 aliphatic rings. The predicted molar refractivity (Wildman–Crippen MR) is 158 cm³/mol. The molecule has 1 N–H and O–H groups in total. The Morgan fingerprint density at radius 3 is 2.31 bits per heavy atom. The van der Waals surface area contributed by atoms with Crippen LogP contribution in [0.15, 0.2) is 93.2 Å². The van der Waals surface area contributed by atoms with Crippen molar-refractivity contribution in [2.45, 2.75) is 39.7 Å². The average Bonchev–Trinajstić information content (AvgIpc) is 3.67. The van der Waals surface area contributed by atoms with E-state index in [-0.39, 0.29) is 11.3 Å². The Bertz CT molecular complexity index is 2010. The van der Waals surface area contributed by atoms with Crippen LogP contribution in [0, 0.1) is 0 Å². The summed E-state index contributed by atoms with van der Waals surface area (Å²) < 4.78 is 8.12. The van der Waals surface area contributed by atoms with Crippen LogP contribution < -0.4 is 11.3 Å². The zero-order valence-electron chi connectivity index (χ0n) is 23.2. The lowest BCUT2D eigenvalue weighted by molar-refractivity contribution is 0.101. The number of hydrogen-bond donors (Lipinski definition) is 1. The minimum Gasteiger partial charge on any atom is -0.296 e. The van der Waals surface area contributed by atoms with Gasteiger partial charge < -0.3 is 0 Å². The van der Waals surface area contributed by atoms with Gasteiger partial charge in [0.2, 0.25) is 5.78 Å². The van der Waals surface area contributed by atoms with Gasteiger partial charge in [0.05, 0.1) is 12.2 Å². The van der Waals surface area contributed by atoms with Crippen LogP contribution in [0.3, 0.4) is 0 Å². The second-order valence-electron chi connectivity index (χ2n) is 10.2. The fourth-order valence-electron chi connectivity index (χ4n) is 5.25. The molecule has 210 valence electrons. The van der Waals surface area contributed by atoms with E-state index in [1.165, 1.54) is 13.3 Å². The molecular weight excluding hydrogens is 532 g/mol. The van der Waals surface area contributed by atoms with Gasteiger partial charge >= 0.3 is 5.76 Å². The third-order valence-corrected chi connectivity index (χ3v) is 7.33. The first-order valence-electron chi connectivity index (χ1n) is 13.7. The van der Waals surface area contributed by atoms with E-state index in [2.05, 4.69) is 27.1 Å². The molecule has 0 aliphatic heterocycles. The van der Waals surface area contributed by atoms with Crippen LogP contribution in [0.1, 0.15) is 53.0 Å². The molecule has 3 aromatic heterocycles. The first-order chi connectivity index (χ1) is 20.4. The van der Waals surface area contributed by atoms with E-state index in [9.17, 15) is 14.4 Å². The Morgan fingerprint density at radius 2 is 1.64 bits per heavy atom. The van der Waals surface area contributed by atoms with E-state index >= 15 is 0 Å². The molecule has 0 saturated heterocycles. The van der Waals surface area contributed by atoms with Gasteiger partial charge in [-0.2, -0.15) is 10.1 Å². The second kappa shape index (κ2) is 11.2. The van der Waals surface area contributed by atoms with Gasteiger partial charge in [-0.15, -0.1) is 0 Å². The highest BCUT2D eigenvalue weighted by atomic mass is 16.5. The van der Waals surface area contributed by atoms with Crippen molar-refractivity contribution < 1.29 is 9.32 Å². The lowest BCUT2D eigenvalue weighted by Gasteiger charge is -2.16. The molecule has 0 unspecified atom stereocenters. The average molecular weight is 561 g/mol. The van der Waals surface area contributed by atoms with Crippen molar-refractivity contribution in [1.82, 2.24) is 29.3 Å². The zero-order valence-corrected chi connectivity index (χ0v) is 23.2. The number of hydrogen-bond acceptors (Lipinski definition) is 7. The highest BCUT2D eigenvalue weighted by Gasteiger charge is 2.19. The number of nitrogens with zero attached hydrogens (tertiary/aromatic N) is 5. The Kier molecular flexibility index (Phi) is 7.18. The highest BCUT2D eigenvalue weighted by Crippen LogP contribution is 2.30.